The summed E-state index contributed by atoms with van der Waals surface area (Å²) in [7, 11) is 3.93. The molecule has 0 aromatic heterocycles. The minimum absolute atomic E-state index is 0.646. The second-order valence-electron chi connectivity index (χ2n) is 8.14. The Bertz CT molecular complexity index is 727. The van der Waals surface area contributed by atoms with E-state index >= 15 is 0 Å². The predicted octanol–water partition coefficient (Wildman–Crippen LogP) is 4.48. The number of piperidine rings is 1. The third kappa shape index (κ3) is 6.76. The molecule has 0 spiro atoms. The van der Waals surface area contributed by atoms with E-state index in [1.807, 2.05) is 13.0 Å². The number of nitrogens with zero attached hydrogens (tertiary/aromatic N) is 2. The fourth-order valence-electron chi connectivity index (χ4n) is 4.12. The summed E-state index contributed by atoms with van der Waals surface area (Å²) in [5.74, 6) is 2.43. The molecule has 1 aliphatic heterocycles. The highest BCUT2D eigenvalue weighted by atomic mass is 16.5. The maximum Gasteiger partial charge on any atom is 0.161 e. The molecule has 1 saturated heterocycles. The van der Waals surface area contributed by atoms with E-state index in [2.05, 4.69) is 59.3 Å². The van der Waals surface area contributed by atoms with Crippen molar-refractivity contribution >= 4 is 0 Å². The standard InChI is InChI=1S/C25H36N2O2/c1-4-29-25-18-23(10-11-24(25)28-3)20-27(17-14-21-8-6-5-7-9-21)19-22-12-15-26(2)16-13-22/h5-11,18,22H,4,12-17,19-20H2,1-3H3. The van der Waals surface area contributed by atoms with Gasteiger partial charge in [-0.15, -0.1) is 0 Å². The van der Waals surface area contributed by atoms with Gasteiger partial charge in [-0.3, -0.25) is 4.90 Å². The van der Waals surface area contributed by atoms with Gasteiger partial charge in [-0.2, -0.15) is 0 Å². The third-order valence-electron chi connectivity index (χ3n) is 5.85. The van der Waals surface area contributed by atoms with Crippen molar-refractivity contribution < 1.29 is 9.47 Å². The normalized spacial score (nSPS) is 15.6. The van der Waals surface area contributed by atoms with Crippen molar-refractivity contribution in [3.63, 3.8) is 0 Å². The molecule has 1 heterocycles. The molecule has 0 radical (unpaired) electrons. The minimum atomic E-state index is 0.646. The molecular formula is C25H36N2O2. The Morgan fingerprint density at radius 2 is 1.76 bits per heavy atom. The van der Waals surface area contributed by atoms with Gasteiger partial charge in [0, 0.05) is 19.6 Å². The first-order valence-electron chi connectivity index (χ1n) is 10.9. The number of hydrogen-bond donors (Lipinski definition) is 0. The fourth-order valence-corrected chi connectivity index (χ4v) is 4.12. The lowest BCUT2D eigenvalue weighted by Crippen LogP contribution is -2.37. The van der Waals surface area contributed by atoms with Gasteiger partial charge < -0.3 is 14.4 Å². The molecule has 0 unspecified atom stereocenters. The molecule has 4 heteroatoms. The molecule has 2 aromatic carbocycles. The van der Waals surface area contributed by atoms with E-state index in [1.54, 1.807) is 7.11 Å². The zero-order valence-corrected chi connectivity index (χ0v) is 18.3. The number of benzene rings is 2. The molecular weight excluding hydrogens is 360 g/mol. The van der Waals surface area contributed by atoms with Gasteiger partial charge in [0.2, 0.25) is 0 Å². The molecule has 2 aromatic rings. The first-order valence-corrected chi connectivity index (χ1v) is 10.9. The van der Waals surface area contributed by atoms with Crippen molar-refractivity contribution in [1.82, 2.24) is 9.80 Å². The zero-order valence-electron chi connectivity index (χ0n) is 18.3. The summed E-state index contributed by atoms with van der Waals surface area (Å²) in [5, 5.41) is 0. The van der Waals surface area contributed by atoms with Crippen LogP contribution in [0.1, 0.15) is 30.9 Å². The molecule has 1 fully saturated rings. The molecule has 0 aliphatic carbocycles. The molecule has 29 heavy (non-hydrogen) atoms. The van der Waals surface area contributed by atoms with Crippen molar-refractivity contribution in [2.75, 3.05) is 46.9 Å². The molecule has 4 nitrogen and oxygen atoms in total. The Hall–Kier alpha value is -2.04. The maximum atomic E-state index is 5.79. The molecule has 3 rings (SSSR count). The highest BCUT2D eigenvalue weighted by molar-refractivity contribution is 5.43. The SMILES string of the molecule is CCOc1cc(CN(CCc2ccccc2)CC2CCN(C)CC2)ccc1OC. The van der Waals surface area contributed by atoms with Gasteiger partial charge in [0.15, 0.2) is 11.5 Å². The van der Waals surface area contributed by atoms with Crippen LogP contribution in [-0.2, 0) is 13.0 Å². The van der Waals surface area contributed by atoms with Gasteiger partial charge in [-0.25, -0.2) is 0 Å². The second-order valence-corrected chi connectivity index (χ2v) is 8.14. The van der Waals surface area contributed by atoms with Crippen LogP contribution in [0.4, 0.5) is 0 Å². The lowest BCUT2D eigenvalue weighted by molar-refractivity contribution is 0.157. The van der Waals surface area contributed by atoms with E-state index in [4.69, 9.17) is 9.47 Å². The summed E-state index contributed by atoms with van der Waals surface area (Å²) in [6.45, 7) is 8.28. The van der Waals surface area contributed by atoms with Crippen molar-refractivity contribution in [3.8, 4) is 11.5 Å². The Morgan fingerprint density at radius 3 is 2.45 bits per heavy atom. The van der Waals surface area contributed by atoms with Crippen molar-refractivity contribution in [3.05, 3.63) is 59.7 Å². The number of likely N-dealkylation sites (tertiary alicyclic amines) is 1. The number of methoxy groups -OCH3 is 1. The van der Waals surface area contributed by atoms with Gasteiger partial charge >= 0.3 is 0 Å². The van der Waals surface area contributed by atoms with Crippen molar-refractivity contribution in [2.24, 2.45) is 5.92 Å². The highest BCUT2D eigenvalue weighted by Crippen LogP contribution is 2.29. The Balaban J connectivity index is 1.68. The minimum Gasteiger partial charge on any atom is -0.493 e. The van der Waals surface area contributed by atoms with E-state index in [9.17, 15) is 0 Å². The lowest BCUT2D eigenvalue weighted by atomic mass is 9.96. The average molecular weight is 397 g/mol. The molecule has 0 amide bonds. The average Bonchev–Trinajstić information content (AvgIpc) is 2.75. The van der Waals surface area contributed by atoms with Crippen LogP contribution in [0.3, 0.4) is 0 Å². The van der Waals surface area contributed by atoms with Crippen molar-refractivity contribution in [1.29, 1.82) is 0 Å². The summed E-state index contributed by atoms with van der Waals surface area (Å²) in [4.78, 5) is 5.07. The molecule has 0 bridgehead atoms. The lowest BCUT2D eigenvalue weighted by Gasteiger charge is -2.33. The summed E-state index contributed by atoms with van der Waals surface area (Å²) in [5.41, 5.74) is 2.70. The van der Waals surface area contributed by atoms with Gasteiger partial charge in [0.1, 0.15) is 0 Å². The van der Waals surface area contributed by atoms with Gasteiger partial charge in [-0.05, 0) is 75.5 Å². The molecule has 158 valence electrons. The Kier molecular flexibility index (Phi) is 8.38. The van der Waals surface area contributed by atoms with Crippen LogP contribution in [0.2, 0.25) is 0 Å². The van der Waals surface area contributed by atoms with Crippen molar-refractivity contribution in [2.45, 2.75) is 32.7 Å². The monoisotopic (exact) mass is 396 g/mol. The molecule has 1 aliphatic rings. The first kappa shape index (κ1) is 21.7. The van der Waals surface area contributed by atoms with E-state index in [0.29, 0.717) is 6.61 Å². The summed E-state index contributed by atoms with van der Waals surface area (Å²) in [6, 6.07) is 17.2. The van der Waals surface area contributed by atoms with Gasteiger partial charge in [0.05, 0.1) is 13.7 Å². The predicted molar refractivity (Wildman–Crippen MR) is 120 cm³/mol. The van der Waals surface area contributed by atoms with Gasteiger partial charge in [0.25, 0.3) is 0 Å². The Labute approximate surface area is 176 Å². The van der Waals surface area contributed by atoms with E-state index in [0.717, 1.165) is 43.5 Å². The van der Waals surface area contributed by atoms with Crippen LogP contribution < -0.4 is 9.47 Å². The van der Waals surface area contributed by atoms with Crippen LogP contribution in [-0.4, -0.2) is 56.7 Å². The second kappa shape index (κ2) is 11.2. The maximum absolute atomic E-state index is 5.79. The van der Waals surface area contributed by atoms with Gasteiger partial charge in [-0.1, -0.05) is 36.4 Å². The smallest absolute Gasteiger partial charge is 0.161 e. The van der Waals surface area contributed by atoms with Crippen LogP contribution in [0.15, 0.2) is 48.5 Å². The summed E-state index contributed by atoms with van der Waals surface area (Å²) >= 11 is 0. The van der Waals surface area contributed by atoms with E-state index in [1.165, 1.54) is 37.1 Å². The fraction of sp³-hybridized carbons (Fsp3) is 0.520. The van der Waals surface area contributed by atoms with Crippen LogP contribution in [0.25, 0.3) is 0 Å². The molecule has 0 atom stereocenters. The summed E-state index contributed by atoms with van der Waals surface area (Å²) in [6.07, 6.45) is 3.68. The van der Waals surface area contributed by atoms with Crippen LogP contribution in [0.5, 0.6) is 11.5 Å². The topological polar surface area (TPSA) is 24.9 Å². The summed E-state index contributed by atoms with van der Waals surface area (Å²) < 4.78 is 11.2. The van der Waals surface area contributed by atoms with E-state index in [-0.39, 0.29) is 0 Å². The molecule has 0 saturated carbocycles. The van der Waals surface area contributed by atoms with E-state index < -0.39 is 0 Å². The van der Waals surface area contributed by atoms with Crippen LogP contribution in [0, 0.1) is 5.92 Å². The van der Waals surface area contributed by atoms with Crippen LogP contribution >= 0.6 is 0 Å². The Morgan fingerprint density at radius 1 is 1.00 bits per heavy atom. The number of hydrogen-bond acceptors (Lipinski definition) is 4. The third-order valence-corrected chi connectivity index (χ3v) is 5.85. The first-order chi connectivity index (χ1) is 14.2. The quantitative estimate of drug-likeness (QED) is 0.591. The largest absolute Gasteiger partial charge is 0.493 e. The number of rotatable bonds is 10. The molecule has 0 N–H and O–H groups in total. The number of ether oxygens (including phenoxy) is 2. The zero-order chi connectivity index (χ0) is 20.5. The highest BCUT2D eigenvalue weighted by Gasteiger charge is 2.20.